The summed E-state index contributed by atoms with van der Waals surface area (Å²) in [5.74, 6) is 0. The molecule has 3 rings (SSSR count). The lowest BCUT2D eigenvalue weighted by Crippen LogP contribution is -2.24. The number of aromatic nitrogens is 2. The first-order chi connectivity index (χ1) is 9.78. The standard InChI is InChI=1S/C15H19N3.C2H6/c1-3-18-11-14(10-16-18)12-6-7-15-13(9-12)5-4-8-17(15)2;1-2/h6-7,9-11H,3-5,8H2,1-2H3;1-2H3. The first kappa shape index (κ1) is 14.6. The van der Waals surface area contributed by atoms with Gasteiger partial charge < -0.3 is 4.90 Å². The van der Waals surface area contributed by atoms with E-state index >= 15 is 0 Å². The third kappa shape index (κ3) is 2.87. The summed E-state index contributed by atoms with van der Waals surface area (Å²) in [6.07, 6.45) is 6.52. The summed E-state index contributed by atoms with van der Waals surface area (Å²) in [4.78, 5) is 2.35. The van der Waals surface area contributed by atoms with E-state index in [2.05, 4.69) is 48.4 Å². The van der Waals surface area contributed by atoms with E-state index in [0.29, 0.717) is 0 Å². The number of rotatable bonds is 2. The van der Waals surface area contributed by atoms with Crippen LogP contribution in [0.3, 0.4) is 0 Å². The molecule has 0 radical (unpaired) electrons. The smallest absolute Gasteiger partial charge is 0.0568 e. The predicted octanol–water partition coefficient (Wildman–Crippen LogP) is 3.98. The normalized spacial score (nSPS) is 13.5. The highest BCUT2D eigenvalue weighted by molar-refractivity contribution is 5.68. The molecule has 3 nitrogen and oxygen atoms in total. The Labute approximate surface area is 122 Å². The number of benzene rings is 1. The van der Waals surface area contributed by atoms with Crippen molar-refractivity contribution >= 4 is 5.69 Å². The second-order valence-electron chi connectivity index (χ2n) is 4.95. The van der Waals surface area contributed by atoms with Crippen molar-refractivity contribution in [3.63, 3.8) is 0 Å². The molecule has 1 aromatic heterocycles. The summed E-state index contributed by atoms with van der Waals surface area (Å²) in [6, 6.07) is 6.77. The van der Waals surface area contributed by atoms with Crippen molar-refractivity contribution in [3.05, 3.63) is 36.2 Å². The Morgan fingerprint density at radius 1 is 1.20 bits per heavy atom. The van der Waals surface area contributed by atoms with Crippen LogP contribution in [0.4, 0.5) is 5.69 Å². The molecule has 0 saturated carbocycles. The van der Waals surface area contributed by atoms with Crippen LogP contribution in [0.5, 0.6) is 0 Å². The van der Waals surface area contributed by atoms with Crippen LogP contribution in [0.2, 0.25) is 0 Å². The third-order valence-corrected chi connectivity index (χ3v) is 3.72. The molecule has 108 valence electrons. The second-order valence-corrected chi connectivity index (χ2v) is 4.95. The Morgan fingerprint density at radius 3 is 2.70 bits per heavy atom. The highest BCUT2D eigenvalue weighted by Crippen LogP contribution is 2.30. The molecule has 0 spiro atoms. The zero-order valence-electron chi connectivity index (χ0n) is 13.1. The van der Waals surface area contributed by atoms with Gasteiger partial charge in [0.2, 0.25) is 0 Å². The van der Waals surface area contributed by atoms with Gasteiger partial charge in [-0.2, -0.15) is 5.10 Å². The van der Waals surface area contributed by atoms with Gasteiger partial charge in [-0.3, -0.25) is 4.68 Å². The average Bonchev–Trinajstić information content (AvgIpc) is 2.98. The minimum atomic E-state index is 0.924. The molecule has 3 heteroatoms. The van der Waals surface area contributed by atoms with Gasteiger partial charge in [0.05, 0.1) is 6.20 Å². The summed E-state index contributed by atoms with van der Waals surface area (Å²) < 4.78 is 1.97. The molecule has 1 aliphatic heterocycles. The molecule has 2 heterocycles. The van der Waals surface area contributed by atoms with Crippen molar-refractivity contribution in [2.45, 2.75) is 40.2 Å². The highest BCUT2D eigenvalue weighted by atomic mass is 15.3. The maximum atomic E-state index is 4.34. The number of fused-ring (bicyclic) bond motifs is 1. The van der Waals surface area contributed by atoms with Gasteiger partial charge >= 0.3 is 0 Å². The van der Waals surface area contributed by atoms with Crippen molar-refractivity contribution in [1.82, 2.24) is 9.78 Å². The van der Waals surface area contributed by atoms with Gasteiger partial charge in [0.25, 0.3) is 0 Å². The maximum absolute atomic E-state index is 4.34. The van der Waals surface area contributed by atoms with E-state index in [9.17, 15) is 0 Å². The van der Waals surface area contributed by atoms with Crippen LogP contribution in [0, 0.1) is 0 Å². The van der Waals surface area contributed by atoms with E-state index in [0.717, 1.165) is 6.54 Å². The quantitative estimate of drug-likeness (QED) is 0.824. The highest BCUT2D eigenvalue weighted by Gasteiger charge is 2.14. The van der Waals surface area contributed by atoms with Gasteiger partial charge in [-0.25, -0.2) is 0 Å². The van der Waals surface area contributed by atoms with Crippen molar-refractivity contribution in [1.29, 1.82) is 0 Å². The van der Waals surface area contributed by atoms with Crippen LogP contribution in [0.15, 0.2) is 30.6 Å². The van der Waals surface area contributed by atoms with Crippen LogP contribution in [-0.4, -0.2) is 23.4 Å². The predicted molar refractivity (Wildman–Crippen MR) is 86.3 cm³/mol. The fourth-order valence-electron chi connectivity index (χ4n) is 2.65. The number of aryl methyl sites for hydroxylation is 2. The second kappa shape index (κ2) is 6.60. The minimum absolute atomic E-state index is 0.924. The summed E-state index contributed by atoms with van der Waals surface area (Å²) >= 11 is 0. The Bertz CT molecular complexity index is 557. The van der Waals surface area contributed by atoms with Crippen LogP contribution in [0.1, 0.15) is 32.8 Å². The molecule has 0 bridgehead atoms. The largest absolute Gasteiger partial charge is 0.374 e. The number of nitrogens with zero attached hydrogens (tertiary/aromatic N) is 3. The first-order valence-corrected chi connectivity index (χ1v) is 7.65. The molecule has 0 unspecified atom stereocenters. The van der Waals surface area contributed by atoms with E-state index in [-0.39, 0.29) is 0 Å². The summed E-state index contributed by atoms with van der Waals surface area (Å²) in [7, 11) is 2.17. The van der Waals surface area contributed by atoms with Gasteiger partial charge in [0.15, 0.2) is 0 Å². The van der Waals surface area contributed by atoms with Gasteiger partial charge in [-0.05, 0) is 43.0 Å². The van der Waals surface area contributed by atoms with E-state index in [1.54, 1.807) is 0 Å². The minimum Gasteiger partial charge on any atom is -0.374 e. The Kier molecular flexibility index (Phi) is 4.83. The summed E-state index contributed by atoms with van der Waals surface area (Å²) in [6.45, 7) is 8.20. The Hall–Kier alpha value is -1.77. The molecule has 1 aliphatic rings. The van der Waals surface area contributed by atoms with Crippen molar-refractivity contribution in [2.24, 2.45) is 0 Å². The number of hydrogen-bond acceptors (Lipinski definition) is 2. The summed E-state index contributed by atoms with van der Waals surface area (Å²) in [5.41, 5.74) is 5.34. The topological polar surface area (TPSA) is 21.1 Å². The lowest BCUT2D eigenvalue weighted by atomic mass is 9.98. The lowest BCUT2D eigenvalue weighted by Gasteiger charge is -2.27. The molecular weight excluding hydrogens is 246 g/mol. The molecule has 0 fully saturated rings. The molecule has 20 heavy (non-hydrogen) atoms. The van der Waals surface area contributed by atoms with Gasteiger partial charge in [-0.15, -0.1) is 0 Å². The third-order valence-electron chi connectivity index (χ3n) is 3.72. The Balaban J connectivity index is 0.000000704. The molecule has 0 amide bonds. The molecule has 0 N–H and O–H groups in total. The van der Waals surface area contributed by atoms with Crippen molar-refractivity contribution in [3.8, 4) is 11.1 Å². The van der Waals surface area contributed by atoms with Crippen LogP contribution in [-0.2, 0) is 13.0 Å². The fraction of sp³-hybridized carbons (Fsp3) is 0.471. The van der Waals surface area contributed by atoms with Gasteiger partial charge in [-0.1, -0.05) is 19.9 Å². The Morgan fingerprint density at radius 2 is 2.00 bits per heavy atom. The van der Waals surface area contributed by atoms with Crippen molar-refractivity contribution in [2.75, 3.05) is 18.5 Å². The molecule has 2 aromatic rings. The number of anilines is 1. The lowest BCUT2D eigenvalue weighted by molar-refractivity contribution is 0.660. The van der Waals surface area contributed by atoms with E-state index in [1.807, 2.05) is 24.7 Å². The zero-order valence-corrected chi connectivity index (χ0v) is 13.1. The van der Waals surface area contributed by atoms with E-state index in [4.69, 9.17) is 0 Å². The van der Waals surface area contributed by atoms with Gasteiger partial charge in [0, 0.05) is 37.6 Å². The van der Waals surface area contributed by atoms with Crippen LogP contribution < -0.4 is 4.90 Å². The van der Waals surface area contributed by atoms with E-state index < -0.39 is 0 Å². The molecular formula is C17H25N3. The van der Waals surface area contributed by atoms with Crippen LogP contribution in [0.25, 0.3) is 11.1 Å². The summed E-state index contributed by atoms with van der Waals surface area (Å²) in [5, 5.41) is 4.34. The SMILES string of the molecule is CC.CCn1cc(-c2ccc3c(c2)CCCN3C)cn1. The van der Waals surface area contributed by atoms with E-state index in [1.165, 1.54) is 41.8 Å². The first-order valence-electron chi connectivity index (χ1n) is 7.65. The monoisotopic (exact) mass is 271 g/mol. The maximum Gasteiger partial charge on any atom is 0.0568 e. The van der Waals surface area contributed by atoms with Crippen LogP contribution >= 0.6 is 0 Å². The zero-order chi connectivity index (χ0) is 14.5. The molecule has 0 saturated heterocycles. The molecule has 1 aromatic carbocycles. The van der Waals surface area contributed by atoms with Crippen molar-refractivity contribution < 1.29 is 0 Å². The fourth-order valence-corrected chi connectivity index (χ4v) is 2.65. The van der Waals surface area contributed by atoms with Gasteiger partial charge in [0.1, 0.15) is 0 Å². The molecule has 0 aliphatic carbocycles. The number of hydrogen-bond donors (Lipinski definition) is 0. The average molecular weight is 271 g/mol. The molecule has 0 atom stereocenters.